The van der Waals surface area contributed by atoms with Gasteiger partial charge in [0, 0.05) is 0 Å². The first-order valence-electron chi connectivity index (χ1n) is 3.86. The highest BCUT2D eigenvalue weighted by molar-refractivity contribution is 9.11. The molecule has 0 aliphatic carbocycles. The van der Waals surface area contributed by atoms with Crippen molar-refractivity contribution in [1.29, 1.82) is 0 Å². The predicted molar refractivity (Wildman–Crippen MR) is 57.5 cm³/mol. The lowest BCUT2D eigenvalue weighted by Crippen LogP contribution is -2.27. The van der Waals surface area contributed by atoms with Gasteiger partial charge in [0.2, 0.25) is 5.95 Å². The molecule has 1 rings (SSSR count). The molecule has 1 heterocycles. The van der Waals surface area contributed by atoms with E-state index in [-0.39, 0.29) is 5.95 Å². The third-order valence-electron chi connectivity index (χ3n) is 1.01. The molecule has 0 aromatic carbocycles. The van der Waals surface area contributed by atoms with Gasteiger partial charge in [-0.1, -0.05) is 0 Å². The maximum absolute atomic E-state index is 11.2. The molecule has 14 heavy (non-hydrogen) atoms. The smallest absolute Gasteiger partial charge is 0.414 e. The first kappa shape index (κ1) is 11.4. The number of rotatable bonds is 1. The van der Waals surface area contributed by atoms with Crippen molar-refractivity contribution in [2.24, 2.45) is 0 Å². The van der Waals surface area contributed by atoms with Crippen molar-refractivity contribution in [3.8, 4) is 0 Å². The van der Waals surface area contributed by atoms with E-state index in [9.17, 15) is 4.79 Å². The van der Waals surface area contributed by atoms with Gasteiger partial charge in [0.05, 0.1) is 0 Å². The maximum Gasteiger partial charge on any atom is 0.414 e. The molecule has 1 aromatic heterocycles. The minimum Gasteiger partial charge on any atom is -0.444 e. The topological polar surface area (TPSA) is 64.1 Å². The lowest BCUT2D eigenvalue weighted by atomic mass is 10.2. The zero-order valence-electron chi connectivity index (χ0n) is 8.00. The Bertz CT molecular complexity index is 334. The predicted octanol–water partition coefficient (Wildman–Crippen LogP) is 2.65. The van der Waals surface area contributed by atoms with Gasteiger partial charge in [-0.2, -0.15) is 9.36 Å². The van der Waals surface area contributed by atoms with E-state index in [4.69, 9.17) is 4.74 Å². The second-order valence-corrected chi connectivity index (χ2v) is 5.53. The second kappa shape index (κ2) is 4.22. The summed E-state index contributed by atoms with van der Waals surface area (Å²) in [5.74, 6) is 0.246. The van der Waals surface area contributed by atoms with Crippen LogP contribution < -0.4 is 5.32 Å². The van der Waals surface area contributed by atoms with Crippen molar-refractivity contribution >= 4 is 39.5 Å². The van der Waals surface area contributed by atoms with Crippen LogP contribution in [0.3, 0.4) is 0 Å². The number of hydrogen-bond acceptors (Lipinski definition) is 5. The van der Waals surface area contributed by atoms with E-state index in [2.05, 4.69) is 30.6 Å². The highest BCUT2D eigenvalue weighted by atomic mass is 79.9. The molecule has 0 aliphatic rings. The Morgan fingerprint density at radius 1 is 1.57 bits per heavy atom. The van der Waals surface area contributed by atoms with Gasteiger partial charge >= 0.3 is 6.09 Å². The summed E-state index contributed by atoms with van der Waals surface area (Å²) in [4.78, 5) is 15.1. The van der Waals surface area contributed by atoms with Crippen molar-refractivity contribution < 1.29 is 9.53 Å². The van der Waals surface area contributed by atoms with Crippen LogP contribution in [0.5, 0.6) is 0 Å². The van der Waals surface area contributed by atoms with Crippen LogP contribution in [0.25, 0.3) is 0 Å². The summed E-state index contributed by atoms with van der Waals surface area (Å²) in [7, 11) is 0. The number of ether oxygens (including phenoxy) is 1. The Kier molecular flexibility index (Phi) is 3.43. The monoisotopic (exact) mass is 279 g/mol. The highest BCUT2D eigenvalue weighted by Gasteiger charge is 2.17. The number of anilines is 1. The molecule has 0 spiro atoms. The molecule has 0 atom stereocenters. The normalized spacial score (nSPS) is 11.1. The van der Waals surface area contributed by atoms with E-state index >= 15 is 0 Å². The summed E-state index contributed by atoms with van der Waals surface area (Å²) < 4.78 is 9.48. The first-order chi connectivity index (χ1) is 6.37. The van der Waals surface area contributed by atoms with Gasteiger partial charge in [-0.25, -0.2) is 4.79 Å². The summed E-state index contributed by atoms with van der Waals surface area (Å²) >= 11 is 4.29. The Morgan fingerprint density at radius 3 is 2.64 bits per heavy atom. The van der Waals surface area contributed by atoms with Crippen molar-refractivity contribution in [3.05, 3.63) is 3.92 Å². The van der Waals surface area contributed by atoms with Crippen LogP contribution in [0.2, 0.25) is 0 Å². The van der Waals surface area contributed by atoms with Gasteiger partial charge in [-0.05, 0) is 48.2 Å². The summed E-state index contributed by atoms with van der Waals surface area (Å²) in [6, 6.07) is 0. The Morgan fingerprint density at radius 2 is 2.21 bits per heavy atom. The zero-order valence-corrected chi connectivity index (χ0v) is 10.4. The van der Waals surface area contributed by atoms with Crippen LogP contribution in [0, 0.1) is 0 Å². The number of amides is 1. The van der Waals surface area contributed by atoms with E-state index in [0.29, 0.717) is 3.92 Å². The van der Waals surface area contributed by atoms with Gasteiger partial charge in [0.1, 0.15) is 5.60 Å². The van der Waals surface area contributed by atoms with Gasteiger partial charge in [-0.15, -0.1) is 0 Å². The quantitative estimate of drug-likeness (QED) is 0.858. The highest BCUT2D eigenvalue weighted by Crippen LogP contribution is 2.15. The van der Waals surface area contributed by atoms with Crippen LogP contribution in [-0.4, -0.2) is 21.1 Å². The number of carbonyl (C=O) groups excluding carboxylic acids is 1. The number of hydrogen-bond donors (Lipinski definition) is 1. The molecule has 78 valence electrons. The van der Waals surface area contributed by atoms with Crippen molar-refractivity contribution in [3.63, 3.8) is 0 Å². The summed E-state index contributed by atoms with van der Waals surface area (Å²) in [6.07, 6.45) is -0.553. The Balaban J connectivity index is 2.50. The lowest BCUT2D eigenvalue weighted by Gasteiger charge is -2.18. The minimum absolute atomic E-state index is 0.246. The molecular formula is C7H10BrN3O2S. The molecular weight excluding hydrogens is 270 g/mol. The average molecular weight is 280 g/mol. The SMILES string of the molecule is CC(C)(C)OC(=O)Nc1nsc(Br)n1. The van der Waals surface area contributed by atoms with E-state index in [1.165, 1.54) is 0 Å². The van der Waals surface area contributed by atoms with E-state index < -0.39 is 11.7 Å². The molecule has 0 bridgehead atoms. The standard InChI is InChI=1S/C7H10BrN3O2S/c1-7(2,3)13-6(12)10-5-9-4(8)14-11-5/h1-3H3,(H,10,11,12). The van der Waals surface area contributed by atoms with Crippen LogP contribution in [0.1, 0.15) is 20.8 Å². The molecule has 1 amide bonds. The fourth-order valence-electron chi connectivity index (χ4n) is 0.651. The van der Waals surface area contributed by atoms with E-state index in [0.717, 1.165) is 11.5 Å². The molecule has 0 aliphatic heterocycles. The molecule has 0 saturated carbocycles. The summed E-state index contributed by atoms with van der Waals surface area (Å²) in [5, 5.41) is 2.42. The Labute approximate surface area is 94.2 Å². The van der Waals surface area contributed by atoms with Gasteiger partial charge in [0.25, 0.3) is 0 Å². The third kappa shape index (κ3) is 4.01. The number of halogens is 1. The number of nitrogens with one attached hydrogen (secondary N) is 1. The zero-order chi connectivity index (χ0) is 10.8. The van der Waals surface area contributed by atoms with Gasteiger partial charge < -0.3 is 4.74 Å². The number of nitrogens with zero attached hydrogens (tertiary/aromatic N) is 2. The van der Waals surface area contributed by atoms with Crippen LogP contribution in [-0.2, 0) is 4.74 Å². The average Bonchev–Trinajstić information content (AvgIpc) is 2.30. The van der Waals surface area contributed by atoms with Gasteiger partial charge in [-0.3, -0.25) is 5.32 Å². The largest absolute Gasteiger partial charge is 0.444 e. The van der Waals surface area contributed by atoms with Crippen molar-refractivity contribution in [1.82, 2.24) is 9.36 Å². The molecule has 0 radical (unpaired) electrons. The van der Waals surface area contributed by atoms with Gasteiger partial charge in [0.15, 0.2) is 3.92 Å². The summed E-state index contributed by atoms with van der Waals surface area (Å²) in [5.41, 5.74) is -0.517. The third-order valence-corrected chi connectivity index (χ3v) is 2.13. The minimum atomic E-state index is -0.553. The maximum atomic E-state index is 11.2. The summed E-state index contributed by atoms with van der Waals surface area (Å²) in [6.45, 7) is 5.37. The fraction of sp³-hybridized carbons (Fsp3) is 0.571. The molecule has 0 saturated heterocycles. The van der Waals surface area contributed by atoms with Crippen LogP contribution >= 0.6 is 27.5 Å². The van der Waals surface area contributed by atoms with Crippen LogP contribution in [0.4, 0.5) is 10.7 Å². The molecule has 7 heteroatoms. The fourth-order valence-corrected chi connectivity index (χ4v) is 1.41. The first-order valence-corrected chi connectivity index (χ1v) is 5.43. The second-order valence-electron chi connectivity index (χ2n) is 3.50. The van der Waals surface area contributed by atoms with Crippen molar-refractivity contribution in [2.75, 3.05) is 5.32 Å². The number of aromatic nitrogens is 2. The number of carbonyl (C=O) groups is 1. The molecule has 1 aromatic rings. The molecule has 0 unspecified atom stereocenters. The van der Waals surface area contributed by atoms with E-state index in [1.54, 1.807) is 20.8 Å². The van der Waals surface area contributed by atoms with Crippen LogP contribution in [0.15, 0.2) is 3.92 Å². The molecule has 5 nitrogen and oxygen atoms in total. The molecule has 1 N–H and O–H groups in total. The lowest BCUT2D eigenvalue weighted by molar-refractivity contribution is 0.0635. The molecule has 0 fully saturated rings. The van der Waals surface area contributed by atoms with Crippen molar-refractivity contribution in [2.45, 2.75) is 26.4 Å². The Hall–Kier alpha value is -0.690. The van der Waals surface area contributed by atoms with E-state index in [1.807, 2.05) is 0 Å².